The maximum Gasteiger partial charge on any atom is 0.173 e. The molecular formula is C13H14ClN5O. The van der Waals surface area contributed by atoms with Crippen LogP contribution in [0.2, 0.25) is 5.02 Å². The molecule has 0 saturated carbocycles. The highest BCUT2D eigenvalue weighted by Crippen LogP contribution is 2.21. The third kappa shape index (κ3) is 2.97. The molecule has 3 N–H and O–H groups in total. The zero-order chi connectivity index (χ0) is 14.5. The van der Waals surface area contributed by atoms with E-state index in [9.17, 15) is 0 Å². The summed E-state index contributed by atoms with van der Waals surface area (Å²) in [4.78, 5) is 1.83. The zero-order valence-corrected chi connectivity index (χ0v) is 11.6. The smallest absolute Gasteiger partial charge is 0.173 e. The van der Waals surface area contributed by atoms with Crippen molar-refractivity contribution in [3.05, 3.63) is 52.7 Å². The molecule has 1 heterocycles. The summed E-state index contributed by atoms with van der Waals surface area (Å²) >= 11 is 6.13. The standard InChI is InChI=1S/C13H14ClN5O/c1-19(8-9-4-2-3-5-11(9)14)13-10(12(15)18-20)6-7-16-17-13/h2-7,20H,8H2,1H3,(H2,15,18). The molecule has 0 spiro atoms. The van der Waals surface area contributed by atoms with Crippen molar-refractivity contribution < 1.29 is 5.21 Å². The number of aromatic nitrogens is 2. The fraction of sp³-hybridized carbons (Fsp3) is 0.154. The van der Waals surface area contributed by atoms with E-state index in [2.05, 4.69) is 15.4 Å². The normalized spacial score (nSPS) is 11.4. The van der Waals surface area contributed by atoms with Crippen LogP contribution in [-0.2, 0) is 6.54 Å². The highest BCUT2D eigenvalue weighted by molar-refractivity contribution is 6.31. The van der Waals surface area contributed by atoms with Crippen LogP contribution in [0.1, 0.15) is 11.1 Å². The predicted octanol–water partition coefficient (Wildman–Crippen LogP) is 1.86. The molecule has 0 aliphatic heterocycles. The lowest BCUT2D eigenvalue weighted by atomic mass is 10.2. The quantitative estimate of drug-likeness (QED) is 0.388. The molecule has 0 saturated heterocycles. The van der Waals surface area contributed by atoms with Crippen LogP contribution in [0.4, 0.5) is 5.82 Å². The maximum atomic E-state index is 8.80. The second-order valence-corrected chi connectivity index (χ2v) is 4.61. The largest absolute Gasteiger partial charge is 0.409 e. The van der Waals surface area contributed by atoms with Gasteiger partial charge in [0, 0.05) is 18.6 Å². The van der Waals surface area contributed by atoms with Gasteiger partial charge < -0.3 is 15.8 Å². The SMILES string of the molecule is CN(Cc1ccccc1Cl)c1nnccc1/C(N)=N/O. The van der Waals surface area contributed by atoms with Gasteiger partial charge in [0.05, 0.1) is 11.8 Å². The van der Waals surface area contributed by atoms with Crippen molar-refractivity contribution in [2.45, 2.75) is 6.54 Å². The minimum Gasteiger partial charge on any atom is -0.409 e. The van der Waals surface area contributed by atoms with Crippen LogP contribution in [-0.4, -0.2) is 28.3 Å². The Hall–Kier alpha value is -2.34. The van der Waals surface area contributed by atoms with E-state index in [1.165, 1.54) is 6.20 Å². The first-order valence-electron chi connectivity index (χ1n) is 5.87. The average Bonchev–Trinajstić information content (AvgIpc) is 2.48. The third-order valence-corrected chi connectivity index (χ3v) is 3.18. The minimum absolute atomic E-state index is 0.0130. The fourth-order valence-electron chi connectivity index (χ4n) is 1.82. The molecule has 2 aromatic rings. The van der Waals surface area contributed by atoms with Crippen molar-refractivity contribution in [2.75, 3.05) is 11.9 Å². The van der Waals surface area contributed by atoms with Gasteiger partial charge in [-0.05, 0) is 17.7 Å². The summed E-state index contributed by atoms with van der Waals surface area (Å²) in [7, 11) is 1.83. The van der Waals surface area contributed by atoms with E-state index in [0.29, 0.717) is 22.9 Å². The molecular weight excluding hydrogens is 278 g/mol. The first-order chi connectivity index (χ1) is 9.63. The molecule has 0 amide bonds. The van der Waals surface area contributed by atoms with E-state index in [1.807, 2.05) is 36.2 Å². The average molecular weight is 292 g/mol. The molecule has 0 aliphatic rings. The monoisotopic (exact) mass is 291 g/mol. The van der Waals surface area contributed by atoms with Gasteiger partial charge in [-0.25, -0.2) is 0 Å². The second kappa shape index (κ2) is 6.21. The summed E-state index contributed by atoms with van der Waals surface area (Å²) in [6, 6.07) is 9.18. The number of nitrogens with two attached hydrogens (primary N) is 1. The number of nitrogens with zero attached hydrogens (tertiary/aromatic N) is 4. The molecule has 0 fully saturated rings. The van der Waals surface area contributed by atoms with Crippen molar-refractivity contribution in [1.82, 2.24) is 10.2 Å². The summed E-state index contributed by atoms with van der Waals surface area (Å²) in [6.45, 7) is 0.532. The van der Waals surface area contributed by atoms with Crippen LogP contribution in [0, 0.1) is 0 Å². The number of benzene rings is 1. The summed E-state index contributed by atoms with van der Waals surface area (Å²) < 4.78 is 0. The van der Waals surface area contributed by atoms with Crippen molar-refractivity contribution in [3.63, 3.8) is 0 Å². The number of halogens is 1. The summed E-state index contributed by atoms with van der Waals surface area (Å²) in [5.41, 5.74) is 7.10. The zero-order valence-electron chi connectivity index (χ0n) is 10.9. The predicted molar refractivity (Wildman–Crippen MR) is 78.1 cm³/mol. The first-order valence-corrected chi connectivity index (χ1v) is 6.25. The van der Waals surface area contributed by atoms with Gasteiger partial charge in [0.15, 0.2) is 11.7 Å². The Labute approximate surface area is 121 Å². The van der Waals surface area contributed by atoms with E-state index in [1.54, 1.807) is 6.07 Å². The molecule has 2 rings (SSSR count). The number of hydrogen-bond acceptors (Lipinski definition) is 5. The lowest BCUT2D eigenvalue weighted by Crippen LogP contribution is -2.24. The van der Waals surface area contributed by atoms with Crippen molar-refractivity contribution in [1.29, 1.82) is 0 Å². The molecule has 1 aromatic carbocycles. The Bertz CT molecular complexity index is 632. The molecule has 0 aliphatic carbocycles. The summed E-state index contributed by atoms with van der Waals surface area (Å²) in [5, 5.41) is 20.3. The molecule has 0 unspecified atom stereocenters. The lowest BCUT2D eigenvalue weighted by Gasteiger charge is -2.20. The first kappa shape index (κ1) is 14.1. The van der Waals surface area contributed by atoms with Crippen LogP contribution in [0.5, 0.6) is 0 Å². The molecule has 0 atom stereocenters. The number of hydrogen-bond donors (Lipinski definition) is 2. The van der Waals surface area contributed by atoms with Crippen molar-refractivity contribution >= 4 is 23.3 Å². The van der Waals surface area contributed by atoms with Crippen LogP contribution in [0.3, 0.4) is 0 Å². The van der Waals surface area contributed by atoms with Gasteiger partial charge in [-0.3, -0.25) is 0 Å². The third-order valence-electron chi connectivity index (χ3n) is 2.81. The highest BCUT2D eigenvalue weighted by Gasteiger charge is 2.14. The van der Waals surface area contributed by atoms with Crippen LogP contribution >= 0.6 is 11.6 Å². The molecule has 6 nitrogen and oxygen atoms in total. The summed E-state index contributed by atoms with van der Waals surface area (Å²) in [6.07, 6.45) is 1.49. The van der Waals surface area contributed by atoms with Crippen molar-refractivity contribution in [2.24, 2.45) is 10.9 Å². The Morgan fingerprint density at radius 2 is 2.15 bits per heavy atom. The topological polar surface area (TPSA) is 87.6 Å². The van der Waals surface area contributed by atoms with Gasteiger partial charge in [-0.1, -0.05) is 35.0 Å². The Balaban J connectivity index is 2.30. The van der Waals surface area contributed by atoms with Crippen LogP contribution in [0.15, 0.2) is 41.7 Å². The van der Waals surface area contributed by atoms with Crippen molar-refractivity contribution in [3.8, 4) is 0 Å². The lowest BCUT2D eigenvalue weighted by molar-refractivity contribution is 0.318. The van der Waals surface area contributed by atoms with Gasteiger partial charge in [0.2, 0.25) is 0 Å². The molecule has 0 radical (unpaired) electrons. The molecule has 1 aromatic heterocycles. The molecule has 20 heavy (non-hydrogen) atoms. The molecule has 0 bridgehead atoms. The van der Waals surface area contributed by atoms with Gasteiger partial charge in [0.1, 0.15) is 0 Å². The number of amidine groups is 1. The Morgan fingerprint density at radius 1 is 1.40 bits per heavy atom. The molecule has 7 heteroatoms. The fourth-order valence-corrected chi connectivity index (χ4v) is 2.01. The van der Waals surface area contributed by atoms with Gasteiger partial charge >= 0.3 is 0 Å². The number of anilines is 1. The summed E-state index contributed by atoms with van der Waals surface area (Å²) in [5.74, 6) is 0.503. The van der Waals surface area contributed by atoms with Gasteiger partial charge in [-0.15, -0.1) is 5.10 Å². The van der Waals surface area contributed by atoms with Crippen LogP contribution < -0.4 is 10.6 Å². The van der Waals surface area contributed by atoms with Crippen LogP contribution in [0.25, 0.3) is 0 Å². The number of rotatable bonds is 4. The Kier molecular flexibility index (Phi) is 4.37. The Morgan fingerprint density at radius 3 is 2.85 bits per heavy atom. The van der Waals surface area contributed by atoms with Gasteiger partial charge in [0.25, 0.3) is 0 Å². The van der Waals surface area contributed by atoms with E-state index < -0.39 is 0 Å². The minimum atomic E-state index is -0.0130. The van der Waals surface area contributed by atoms with E-state index in [4.69, 9.17) is 22.5 Å². The highest BCUT2D eigenvalue weighted by atomic mass is 35.5. The van der Waals surface area contributed by atoms with E-state index in [-0.39, 0.29) is 5.84 Å². The van der Waals surface area contributed by atoms with E-state index >= 15 is 0 Å². The maximum absolute atomic E-state index is 8.80. The van der Waals surface area contributed by atoms with E-state index in [0.717, 1.165) is 5.56 Å². The second-order valence-electron chi connectivity index (χ2n) is 4.20. The number of oxime groups is 1. The van der Waals surface area contributed by atoms with Gasteiger partial charge in [-0.2, -0.15) is 5.10 Å². The molecule has 104 valence electrons.